The topological polar surface area (TPSA) is 62.1 Å². The van der Waals surface area contributed by atoms with Crippen molar-refractivity contribution in [1.82, 2.24) is 20.0 Å². The Bertz CT molecular complexity index is 933. The Balaban J connectivity index is 1.46. The van der Waals surface area contributed by atoms with E-state index in [1.165, 1.54) is 19.3 Å². The van der Waals surface area contributed by atoms with Crippen molar-refractivity contribution in [1.29, 1.82) is 0 Å². The summed E-state index contributed by atoms with van der Waals surface area (Å²) in [6.07, 6.45) is 6.40. The summed E-state index contributed by atoms with van der Waals surface area (Å²) in [6, 6.07) is 14.1. The number of pyridine rings is 1. The van der Waals surface area contributed by atoms with Gasteiger partial charge in [0.05, 0.1) is 36.4 Å². The third kappa shape index (κ3) is 4.82. The molecule has 6 heteroatoms. The van der Waals surface area contributed by atoms with Crippen LogP contribution in [-0.2, 0) is 25.0 Å². The van der Waals surface area contributed by atoms with E-state index in [-0.39, 0.29) is 0 Å². The van der Waals surface area contributed by atoms with Gasteiger partial charge in [-0.1, -0.05) is 42.0 Å². The number of hydrogen-bond donors (Lipinski definition) is 0. The maximum Gasteiger partial charge on any atom is 0.140 e. The first-order valence-corrected chi connectivity index (χ1v) is 10.4. The lowest BCUT2D eigenvalue weighted by molar-refractivity contribution is 0.102. The molecular formula is C23H28N4O2. The van der Waals surface area contributed by atoms with E-state index in [0.717, 1.165) is 46.9 Å². The zero-order chi connectivity index (χ0) is 20.1. The molecule has 152 valence electrons. The smallest absolute Gasteiger partial charge is 0.140 e. The fourth-order valence-electron chi connectivity index (χ4n) is 3.74. The van der Waals surface area contributed by atoms with Crippen molar-refractivity contribution in [3.8, 4) is 17.1 Å². The molecule has 0 N–H and O–H groups in total. The molecule has 0 aliphatic heterocycles. The standard InChI is InChI=1S/C23H28N4O2/c1-17-22(29-19-11-7-4-8-12-19)14-13-20(24-17)23-21(27(2)26-25-23)16-28-15-18-9-5-3-6-10-18/h3,5-6,9-10,13-14,19H,4,7-8,11-12,15-16H2,1-2H3. The first kappa shape index (κ1) is 19.6. The van der Waals surface area contributed by atoms with Gasteiger partial charge in [0.25, 0.3) is 0 Å². The van der Waals surface area contributed by atoms with Crippen LogP contribution in [0.1, 0.15) is 49.1 Å². The number of nitrogens with zero attached hydrogens (tertiary/aromatic N) is 4. The largest absolute Gasteiger partial charge is 0.489 e. The third-order valence-corrected chi connectivity index (χ3v) is 5.42. The van der Waals surface area contributed by atoms with Crippen LogP contribution in [-0.4, -0.2) is 26.1 Å². The van der Waals surface area contributed by atoms with E-state index in [1.807, 2.05) is 44.3 Å². The molecule has 4 rings (SSSR count). The number of ether oxygens (including phenoxy) is 2. The molecule has 0 spiro atoms. The molecule has 29 heavy (non-hydrogen) atoms. The summed E-state index contributed by atoms with van der Waals surface area (Å²) in [4.78, 5) is 4.75. The highest BCUT2D eigenvalue weighted by Crippen LogP contribution is 2.28. The van der Waals surface area contributed by atoms with Gasteiger partial charge in [-0.2, -0.15) is 0 Å². The number of aryl methyl sites for hydroxylation is 2. The summed E-state index contributed by atoms with van der Waals surface area (Å²) in [5.41, 5.74) is 4.49. The molecule has 1 aliphatic rings. The van der Waals surface area contributed by atoms with Crippen LogP contribution in [0.3, 0.4) is 0 Å². The van der Waals surface area contributed by atoms with Crippen molar-refractivity contribution in [3.05, 3.63) is 59.4 Å². The quantitative estimate of drug-likeness (QED) is 0.587. The zero-order valence-electron chi connectivity index (χ0n) is 17.2. The fraction of sp³-hybridized carbons (Fsp3) is 0.435. The van der Waals surface area contributed by atoms with Gasteiger partial charge < -0.3 is 9.47 Å². The van der Waals surface area contributed by atoms with Crippen molar-refractivity contribution in [2.24, 2.45) is 7.05 Å². The van der Waals surface area contributed by atoms with Crippen molar-refractivity contribution >= 4 is 0 Å². The average Bonchev–Trinajstić information content (AvgIpc) is 3.12. The van der Waals surface area contributed by atoms with E-state index < -0.39 is 0 Å². The Hall–Kier alpha value is -2.73. The van der Waals surface area contributed by atoms with E-state index in [0.29, 0.717) is 19.3 Å². The summed E-state index contributed by atoms with van der Waals surface area (Å²) in [7, 11) is 1.88. The average molecular weight is 393 g/mol. The van der Waals surface area contributed by atoms with Crippen LogP contribution in [0, 0.1) is 6.92 Å². The van der Waals surface area contributed by atoms with Crippen molar-refractivity contribution in [2.45, 2.75) is 58.3 Å². The molecule has 1 aliphatic carbocycles. The van der Waals surface area contributed by atoms with Crippen molar-refractivity contribution < 1.29 is 9.47 Å². The highest BCUT2D eigenvalue weighted by Gasteiger charge is 2.18. The van der Waals surface area contributed by atoms with Crippen LogP contribution >= 0.6 is 0 Å². The minimum absolute atomic E-state index is 0.313. The Morgan fingerprint density at radius 1 is 1.00 bits per heavy atom. The molecule has 0 bridgehead atoms. The van der Waals surface area contributed by atoms with E-state index in [4.69, 9.17) is 14.5 Å². The summed E-state index contributed by atoms with van der Waals surface area (Å²) in [6.45, 7) is 2.96. The molecule has 0 amide bonds. The molecule has 1 saturated carbocycles. The highest BCUT2D eigenvalue weighted by molar-refractivity contribution is 5.58. The summed E-state index contributed by atoms with van der Waals surface area (Å²) in [5, 5.41) is 8.51. The van der Waals surface area contributed by atoms with Gasteiger partial charge in [-0.05, 0) is 50.3 Å². The van der Waals surface area contributed by atoms with Gasteiger partial charge in [0.2, 0.25) is 0 Å². The zero-order valence-corrected chi connectivity index (χ0v) is 17.2. The van der Waals surface area contributed by atoms with Crippen LogP contribution in [0.5, 0.6) is 5.75 Å². The second kappa shape index (κ2) is 9.18. The van der Waals surface area contributed by atoms with Gasteiger partial charge in [0.1, 0.15) is 11.4 Å². The highest BCUT2D eigenvalue weighted by atomic mass is 16.5. The Labute approximate surface area is 171 Å². The number of benzene rings is 1. The second-order valence-electron chi connectivity index (χ2n) is 7.64. The molecule has 3 aromatic rings. The lowest BCUT2D eigenvalue weighted by atomic mass is 9.98. The Morgan fingerprint density at radius 3 is 2.55 bits per heavy atom. The molecule has 2 aromatic heterocycles. The maximum atomic E-state index is 6.20. The van der Waals surface area contributed by atoms with Crippen LogP contribution in [0.2, 0.25) is 0 Å². The normalized spacial score (nSPS) is 14.8. The first-order valence-electron chi connectivity index (χ1n) is 10.4. The summed E-state index contributed by atoms with van der Waals surface area (Å²) < 4.78 is 13.9. The molecule has 0 unspecified atom stereocenters. The molecule has 0 radical (unpaired) electrons. The van der Waals surface area contributed by atoms with Gasteiger partial charge in [0, 0.05) is 7.05 Å². The third-order valence-electron chi connectivity index (χ3n) is 5.42. The molecule has 1 aromatic carbocycles. The molecule has 1 fully saturated rings. The maximum absolute atomic E-state index is 6.20. The molecule has 0 atom stereocenters. The minimum Gasteiger partial charge on any atom is -0.489 e. The van der Waals surface area contributed by atoms with E-state index in [9.17, 15) is 0 Å². The van der Waals surface area contributed by atoms with Gasteiger partial charge in [-0.15, -0.1) is 5.10 Å². The van der Waals surface area contributed by atoms with E-state index in [2.05, 4.69) is 22.4 Å². The number of aromatic nitrogens is 4. The van der Waals surface area contributed by atoms with Gasteiger partial charge >= 0.3 is 0 Å². The molecule has 0 saturated heterocycles. The molecule has 2 heterocycles. The fourth-order valence-corrected chi connectivity index (χ4v) is 3.74. The summed E-state index contributed by atoms with van der Waals surface area (Å²) in [5.74, 6) is 0.867. The Morgan fingerprint density at radius 2 is 1.79 bits per heavy atom. The monoisotopic (exact) mass is 392 g/mol. The predicted molar refractivity (Wildman–Crippen MR) is 111 cm³/mol. The number of hydrogen-bond acceptors (Lipinski definition) is 5. The van der Waals surface area contributed by atoms with Crippen LogP contribution < -0.4 is 4.74 Å². The summed E-state index contributed by atoms with van der Waals surface area (Å²) >= 11 is 0. The van der Waals surface area contributed by atoms with E-state index in [1.54, 1.807) is 4.68 Å². The lowest BCUT2D eigenvalue weighted by Crippen LogP contribution is -2.20. The van der Waals surface area contributed by atoms with Crippen molar-refractivity contribution in [3.63, 3.8) is 0 Å². The van der Waals surface area contributed by atoms with Gasteiger partial charge in [0.15, 0.2) is 0 Å². The Kier molecular flexibility index (Phi) is 6.20. The van der Waals surface area contributed by atoms with Crippen LogP contribution in [0.15, 0.2) is 42.5 Å². The van der Waals surface area contributed by atoms with E-state index >= 15 is 0 Å². The minimum atomic E-state index is 0.313. The van der Waals surface area contributed by atoms with Crippen LogP contribution in [0.4, 0.5) is 0 Å². The van der Waals surface area contributed by atoms with Gasteiger partial charge in [-0.25, -0.2) is 9.67 Å². The van der Waals surface area contributed by atoms with Crippen molar-refractivity contribution in [2.75, 3.05) is 0 Å². The molecular weight excluding hydrogens is 364 g/mol. The SMILES string of the molecule is Cc1nc(-c2nnn(C)c2COCc2ccccc2)ccc1OC1CCCCC1. The first-order chi connectivity index (χ1) is 14.2. The second-order valence-corrected chi connectivity index (χ2v) is 7.64. The van der Waals surface area contributed by atoms with Crippen LogP contribution in [0.25, 0.3) is 11.4 Å². The lowest BCUT2D eigenvalue weighted by Gasteiger charge is -2.23. The molecule has 6 nitrogen and oxygen atoms in total. The predicted octanol–water partition coefficient (Wildman–Crippen LogP) is 4.61. The number of rotatable bonds is 7. The van der Waals surface area contributed by atoms with Gasteiger partial charge in [-0.3, -0.25) is 0 Å².